The van der Waals surface area contributed by atoms with E-state index in [2.05, 4.69) is 54.6 Å². The summed E-state index contributed by atoms with van der Waals surface area (Å²) in [6, 6.07) is 25.4. The minimum atomic E-state index is 0.136. The first-order chi connectivity index (χ1) is 10.9. The van der Waals surface area contributed by atoms with Crippen LogP contribution in [0.3, 0.4) is 0 Å². The quantitative estimate of drug-likeness (QED) is 0.692. The molecule has 1 heterocycles. The summed E-state index contributed by atoms with van der Waals surface area (Å²) in [6.45, 7) is 0.646. The summed E-state index contributed by atoms with van der Waals surface area (Å²) in [5.74, 6) is 0.837. The Labute approximate surface area is 130 Å². The van der Waals surface area contributed by atoms with E-state index in [1.54, 1.807) is 0 Å². The van der Waals surface area contributed by atoms with Gasteiger partial charge in [0.05, 0.1) is 0 Å². The molecule has 4 rings (SSSR count). The molecule has 0 spiro atoms. The zero-order chi connectivity index (χ0) is 14.8. The fourth-order valence-electron chi connectivity index (χ4n) is 2.89. The summed E-state index contributed by atoms with van der Waals surface area (Å²) in [7, 11) is 0. The van der Waals surface area contributed by atoms with Gasteiger partial charge in [0.1, 0.15) is 12.6 Å². The van der Waals surface area contributed by atoms with Crippen LogP contribution in [0, 0.1) is 0 Å². The summed E-state index contributed by atoms with van der Waals surface area (Å²) < 4.78 is 5.79. The summed E-state index contributed by atoms with van der Waals surface area (Å²) >= 11 is 0. The molecule has 1 aliphatic rings. The van der Waals surface area contributed by atoms with E-state index in [0.29, 0.717) is 6.61 Å². The van der Waals surface area contributed by atoms with Crippen LogP contribution >= 0.6 is 0 Å². The molecule has 0 N–H and O–H groups in total. The maximum atomic E-state index is 5.79. The van der Waals surface area contributed by atoms with E-state index in [1.807, 2.05) is 18.2 Å². The molecule has 1 aliphatic heterocycles. The average Bonchev–Trinajstić information content (AvgIpc) is 3.04. The van der Waals surface area contributed by atoms with Gasteiger partial charge in [0.15, 0.2) is 5.90 Å². The van der Waals surface area contributed by atoms with Crippen molar-refractivity contribution >= 4 is 16.7 Å². The van der Waals surface area contributed by atoms with E-state index in [4.69, 9.17) is 9.73 Å². The van der Waals surface area contributed by atoms with Gasteiger partial charge in [-0.05, 0) is 21.9 Å². The van der Waals surface area contributed by atoms with Crippen molar-refractivity contribution in [1.82, 2.24) is 0 Å². The monoisotopic (exact) mass is 287 g/mol. The number of hydrogen-bond donors (Lipinski definition) is 0. The third-order valence-electron chi connectivity index (χ3n) is 4.06. The lowest BCUT2D eigenvalue weighted by atomic mass is 10.1. The van der Waals surface area contributed by atoms with Crippen molar-refractivity contribution in [1.29, 1.82) is 0 Å². The van der Waals surface area contributed by atoms with Crippen LogP contribution in [-0.2, 0) is 11.2 Å². The number of benzene rings is 3. The minimum absolute atomic E-state index is 0.136. The lowest BCUT2D eigenvalue weighted by molar-refractivity contribution is 0.313. The summed E-state index contributed by atoms with van der Waals surface area (Å²) in [4.78, 5) is 4.73. The molecule has 22 heavy (non-hydrogen) atoms. The predicted molar refractivity (Wildman–Crippen MR) is 90.2 cm³/mol. The highest BCUT2D eigenvalue weighted by Crippen LogP contribution is 2.24. The van der Waals surface area contributed by atoms with E-state index in [1.165, 1.54) is 21.9 Å². The maximum Gasteiger partial charge on any atom is 0.188 e. The van der Waals surface area contributed by atoms with Crippen molar-refractivity contribution in [2.45, 2.75) is 12.5 Å². The Hall–Kier alpha value is -2.61. The first kappa shape index (κ1) is 13.1. The van der Waals surface area contributed by atoms with Gasteiger partial charge in [-0.15, -0.1) is 0 Å². The zero-order valence-electron chi connectivity index (χ0n) is 12.3. The first-order valence-corrected chi connectivity index (χ1v) is 7.60. The van der Waals surface area contributed by atoms with Crippen molar-refractivity contribution in [3.05, 3.63) is 83.9 Å². The molecule has 0 unspecified atom stereocenters. The van der Waals surface area contributed by atoms with E-state index in [9.17, 15) is 0 Å². The molecule has 3 aromatic rings. The number of hydrogen-bond acceptors (Lipinski definition) is 2. The molecule has 0 aromatic heterocycles. The smallest absolute Gasteiger partial charge is 0.188 e. The molecule has 0 aliphatic carbocycles. The molecule has 2 heteroatoms. The Morgan fingerprint density at radius 1 is 0.864 bits per heavy atom. The lowest BCUT2D eigenvalue weighted by Crippen LogP contribution is -2.03. The number of fused-ring (bicyclic) bond motifs is 1. The van der Waals surface area contributed by atoms with Crippen molar-refractivity contribution in [2.75, 3.05) is 6.61 Å². The van der Waals surface area contributed by atoms with Gasteiger partial charge in [0.25, 0.3) is 0 Å². The van der Waals surface area contributed by atoms with Gasteiger partial charge in [-0.2, -0.15) is 0 Å². The van der Waals surface area contributed by atoms with Crippen LogP contribution < -0.4 is 0 Å². The van der Waals surface area contributed by atoms with Gasteiger partial charge < -0.3 is 4.74 Å². The highest BCUT2D eigenvalue weighted by molar-refractivity contribution is 5.86. The van der Waals surface area contributed by atoms with Crippen molar-refractivity contribution < 1.29 is 4.74 Å². The number of nitrogens with zero attached hydrogens (tertiary/aromatic N) is 1. The fourth-order valence-corrected chi connectivity index (χ4v) is 2.89. The number of ether oxygens (including phenoxy) is 1. The predicted octanol–water partition coefficient (Wildman–Crippen LogP) is 4.55. The second kappa shape index (κ2) is 5.64. The van der Waals surface area contributed by atoms with E-state index in [0.717, 1.165) is 12.3 Å². The molecule has 0 saturated heterocycles. The first-order valence-electron chi connectivity index (χ1n) is 7.60. The van der Waals surface area contributed by atoms with Crippen LogP contribution in [0.15, 0.2) is 77.8 Å². The molecule has 0 saturated carbocycles. The Morgan fingerprint density at radius 2 is 1.64 bits per heavy atom. The van der Waals surface area contributed by atoms with Gasteiger partial charge in [-0.25, -0.2) is 4.99 Å². The minimum Gasteiger partial charge on any atom is -0.478 e. The largest absolute Gasteiger partial charge is 0.478 e. The molecule has 0 bridgehead atoms. The second-order valence-corrected chi connectivity index (χ2v) is 5.62. The molecule has 0 fully saturated rings. The van der Waals surface area contributed by atoms with Crippen molar-refractivity contribution in [3.8, 4) is 0 Å². The standard InChI is InChI=1S/C20H17NO/c1-2-7-17(8-3-1)19-14-22-20(21-19)13-15-10-11-16-6-4-5-9-18(16)12-15/h1-12,19H,13-14H2/t19-/m0/s1. The Balaban J connectivity index is 1.55. The van der Waals surface area contributed by atoms with Crippen LogP contribution in [-0.4, -0.2) is 12.5 Å². The fraction of sp³-hybridized carbons (Fsp3) is 0.150. The average molecular weight is 287 g/mol. The second-order valence-electron chi connectivity index (χ2n) is 5.62. The van der Waals surface area contributed by atoms with Gasteiger partial charge in [0.2, 0.25) is 0 Å². The summed E-state index contributed by atoms with van der Waals surface area (Å²) in [5.41, 5.74) is 2.46. The number of rotatable bonds is 3. The normalized spacial score (nSPS) is 17.3. The molecular weight excluding hydrogens is 270 g/mol. The van der Waals surface area contributed by atoms with Crippen LogP contribution in [0.1, 0.15) is 17.2 Å². The third-order valence-corrected chi connectivity index (χ3v) is 4.06. The van der Waals surface area contributed by atoms with Crippen molar-refractivity contribution in [3.63, 3.8) is 0 Å². The summed E-state index contributed by atoms with van der Waals surface area (Å²) in [5, 5.41) is 2.53. The molecule has 0 amide bonds. The summed E-state index contributed by atoms with van der Waals surface area (Å²) in [6.07, 6.45) is 0.758. The highest BCUT2D eigenvalue weighted by Gasteiger charge is 2.20. The van der Waals surface area contributed by atoms with Crippen LogP contribution in [0.25, 0.3) is 10.8 Å². The molecule has 0 radical (unpaired) electrons. The van der Waals surface area contributed by atoms with Crippen LogP contribution in [0.4, 0.5) is 0 Å². The number of aliphatic imine (C=N–C) groups is 1. The van der Waals surface area contributed by atoms with E-state index >= 15 is 0 Å². The SMILES string of the molecule is c1ccc([C@@H]2COC(Cc3ccc4ccccc4c3)=N2)cc1. The van der Waals surface area contributed by atoms with Gasteiger partial charge in [-0.1, -0.05) is 72.8 Å². The zero-order valence-corrected chi connectivity index (χ0v) is 12.3. The third kappa shape index (κ3) is 2.60. The Kier molecular flexibility index (Phi) is 3.36. The lowest BCUT2D eigenvalue weighted by Gasteiger charge is -2.04. The molecule has 3 aromatic carbocycles. The highest BCUT2D eigenvalue weighted by atomic mass is 16.5. The Morgan fingerprint density at radius 3 is 2.50 bits per heavy atom. The van der Waals surface area contributed by atoms with Gasteiger partial charge in [0, 0.05) is 6.42 Å². The van der Waals surface area contributed by atoms with Crippen LogP contribution in [0.2, 0.25) is 0 Å². The van der Waals surface area contributed by atoms with Crippen molar-refractivity contribution in [2.24, 2.45) is 4.99 Å². The van der Waals surface area contributed by atoms with Gasteiger partial charge in [-0.3, -0.25) is 0 Å². The van der Waals surface area contributed by atoms with E-state index in [-0.39, 0.29) is 6.04 Å². The van der Waals surface area contributed by atoms with E-state index < -0.39 is 0 Å². The molecule has 1 atom stereocenters. The molecule has 108 valence electrons. The molecular formula is C20H17NO. The Bertz CT molecular complexity index is 823. The topological polar surface area (TPSA) is 21.6 Å². The maximum absolute atomic E-state index is 5.79. The molecule has 2 nitrogen and oxygen atoms in total. The van der Waals surface area contributed by atoms with Gasteiger partial charge >= 0.3 is 0 Å². The van der Waals surface area contributed by atoms with Crippen LogP contribution in [0.5, 0.6) is 0 Å².